The Balaban J connectivity index is 1.93. The lowest BCUT2D eigenvalue weighted by Crippen LogP contribution is -2.44. The summed E-state index contributed by atoms with van der Waals surface area (Å²) in [4.78, 5) is 27.2. The Morgan fingerprint density at radius 3 is 2.58 bits per heavy atom. The molecule has 6 nitrogen and oxygen atoms in total. The van der Waals surface area contributed by atoms with Gasteiger partial charge in [0, 0.05) is 19.1 Å². The van der Waals surface area contributed by atoms with Gasteiger partial charge in [0.15, 0.2) is 0 Å². The van der Waals surface area contributed by atoms with Crippen molar-refractivity contribution >= 4 is 11.9 Å². The van der Waals surface area contributed by atoms with Crippen molar-refractivity contribution < 1.29 is 14.7 Å². The van der Waals surface area contributed by atoms with Crippen LogP contribution in [0, 0.1) is 5.92 Å². The number of carbonyl (C=O) groups is 2. The molecule has 3 amide bonds. The first-order chi connectivity index (χ1) is 8.86. The average Bonchev–Trinajstić information content (AvgIpc) is 2.77. The van der Waals surface area contributed by atoms with Crippen molar-refractivity contribution in [2.75, 3.05) is 26.2 Å². The zero-order valence-corrected chi connectivity index (χ0v) is 11.8. The van der Waals surface area contributed by atoms with Crippen molar-refractivity contribution in [3.63, 3.8) is 0 Å². The summed E-state index contributed by atoms with van der Waals surface area (Å²) in [6, 6.07) is -0.170. The molecule has 0 saturated carbocycles. The standard InChI is InChI=1S/C13H23N3O3/c1-9-4-5-15(10(9)8-17)6-7-16-11(18)13(2,3)14-12(16)19/h9-10,17H,4-8H2,1-3H3,(H,14,19). The second-order valence-electron chi connectivity index (χ2n) is 6.06. The lowest BCUT2D eigenvalue weighted by molar-refractivity contribution is -0.130. The van der Waals surface area contributed by atoms with Crippen LogP contribution in [-0.2, 0) is 4.79 Å². The molecule has 0 aliphatic carbocycles. The van der Waals surface area contributed by atoms with E-state index < -0.39 is 5.54 Å². The minimum atomic E-state index is -0.800. The van der Waals surface area contributed by atoms with Gasteiger partial charge in [-0.25, -0.2) is 4.79 Å². The normalized spacial score (nSPS) is 31.1. The quantitative estimate of drug-likeness (QED) is 0.706. The zero-order chi connectivity index (χ0) is 14.2. The molecule has 0 aromatic rings. The van der Waals surface area contributed by atoms with Gasteiger partial charge >= 0.3 is 6.03 Å². The first-order valence-corrected chi connectivity index (χ1v) is 6.86. The number of amides is 3. The van der Waals surface area contributed by atoms with E-state index in [2.05, 4.69) is 17.1 Å². The molecule has 2 heterocycles. The van der Waals surface area contributed by atoms with Gasteiger partial charge in [-0.1, -0.05) is 6.92 Å². The minimum Gasteiger partial charge on any atom is -0.395 e. The van der Waals surface area contributed by atoms with Gasteiger partial charge in [-0.3, -0.25) is 14.6 Å². The molecule has 0 spiro atoms. The van der Waals surface area contributed by atoms with Crippen molar-refractivity contribution in [2.45, 2.75) is 38.8 Å². The van der Waals surface area contributed by atoms with Gasteiger partial charge < -0.3 is 10.4 Å². The number of aliphatic hydroxyl groups is 1. The number of imide groups is 1. The number of hydrogen-bond acceptors (Lipinski definition) is 4. The number of nitrogens with one attached hydrogen (secondary N) is 1. The molecule has 19 heavy (non-hydrogen) atoms. The Morgan fingerprint density at radius 2 is 2.05 bits per heavy atom. The molecule has 2 saturated heterocycles. The molecule has 2 atom stereocenters. The summed E-state index contributed by atoms with van der Waals surface area (Å²) in [5.41, 5.74) is -0.800. The van der Waals surface area contributed by atoms with E-state index in [0.717, 1.165) is 13.0 Å². The maximum atomic E-state index is 12.0. The van der Waals surface area contributed by atoms with Crippen LogP contribution in [0.25, 0.3) is 0 Å². The highest BCUT2D eigenvalue weighted by molar-refractivity contribution is 6.06. The summed E-state index contributed by atoms with van der Waals surface area (Å²) in [7, 11) is 0. The fraction of sp³-hybridized carbons (Fsp3) is 0.846. The van der Waals surface area contributed by atoms with Crippen molar-refractivity contribution in [2.24, 2.45) is 5.92 Å². The minimum absolute atomic E-state index is 0.132. The molecule has 0 aromatic heterocycles. The van der Waals surface area contributed by atoms with Crippen LogP contribution in [0.15, 0.2) is 0 Å². The van der Waals surface area contributed by atoms with Crippen LogP contribution < -0.4 is 5.32 Å². The van der Waals surface area contributed by atoms with Crippen LogP contribution >= 0.6 is 0 Å². The Bertz CT molecular complexity index is 383. The first-order valence-electron chi connectivity index (χ1n) is 6.86. The van der Waals surface area contributed by atoms with Gasteiger partial charge in [0.1, 0.15) is 5.54 Å². The third-order valence-electron chi connectivity index (χ3n) is 4.24. The smallest absolute Gasteiger partial charge is 0.325 e. The van der Waals surface area contributed by atoms with Crippen LogP contribution in [0.5, 0.6) is 0 Å². The summed E-state index contributed by atoms with van der Waals surface area (Å²) < 4.78 is 0. The number of rotatable bonds is 4. The van der Waals surface area contributed by atoms with Crippen molar-refractivity contribution in [3.8, 4) is 0 Å². The molecule has 2 N–H and O–H groups in total. The van der Waals surface area contributed by atoms with Crippen LogP contribution in [0.2, 0.25) is 0 Å². The van der Waals surface area contributed by atoms with E-state index in [4.69, 9.17) is 0 Å². The van der Waals surface area contributed by atoms with E-state index in [1.165, 1.54) is 4.90 Å². The molecule has 2 aliphatic rings. The van der Waals surface area contributed by atoms with Crippen molar-refractivity contribution in [1.29, 1.82) is 0 Å². The van der Waals surface area contributed by atoms with Gasteiger partial charge in [-0.15, -0.1) is 0 Å². The summed E-state index contributed by atoms with van der Waals surface area (Å²) in [6.07, 6.45) is 1.05. The second-order valence-corrected chi connectivity index (χ2v) is 6.06. The number of likely N-dealkylation sites (tertiary alicyclic amines) is 1. The predicted octanol–water partition coefficient (Wildman–Crippen LogP) is 0.0195. The van der Waals surface area contributed by atoms with Crippen LogP contribution in [0.4, 0.5) is 4.79 Å². The van der Waals surface area contributed by atoms with Crippen molar-refractivity contribution in [1.82, 2.24) is 15.1 Å². The molecule has 2 rings (SSSR count). The largest absolute Gasteiger partial charge is 0.395 e. The van der Waals surface area contributed by atoms with E-state index in [0.29, 0.717) is 19.0 Å². The van der Waals surface area contributed by atoms with E-state index >= 15 is 0 Å². The maximum Gasteiger partial charge on any atom is 0.325 e. The van der Waals surface area contributed by atoms with Gasteiger partial charge in [-0.2, -0.15) is 0 Å². The number of aliphatic hydroxyl groups excluding tert-OH is 1. The number of hydrogen-bond donors (Lipinski definition) is 2. The van der Waals surface area contributed by atoms with Crippen LogP contribution in [0.1, 0.15) is 27.2 Å². The predicted molar refractivity (Wildman–Crippen MR) is 70.6 cm³/mol. The highest BCUT2D eigenvalue weighted by atomic mass is 16.3. The molecular weight excluding hydrogens is 246 g/mol. The maximum absolute atomic E-state index is 12.0. The lowest BCUT2D eigenvalue weighted by Gasteiger charge is -2.26. The highest BCUT2D eigenvalue weighted by Crippen LogP contribution is 2.23. The Labute approximate surface area is 113 Å². The molecule has 2 unspecified atom stereocenters. The SMILES string of the molecule is CC1CCN(CCN2C(=O)NC(C)(C)C2=O)C1CO. The monoisotopic (exact) mass is 269 g/mol. The Kier molecular flexibility index (Phi) is 3.82. The topological polar surface area (TPSA) is 72.9 Å². The van der Waals surface area contributed by atoms with Gasteiger partial charge in [0.2, 0.25) is 0 Å². The summed E-state index contributed by atoms with van der Waals surface area (Å²) in [6.45, 7) is 7.61. The second kappa shape index (κ2) is 5.09. The first kappa shape index (κ1) is 14.3. The van der Waals surface area contributed by atoms with Gasteiger partial charge in [0.05, 0.1) is 6.61 Å². The summed E-state index contributed by atoms with van der Waals surface area (Å²) >= 11 is 0. The third kappa shape index (κ3) is 2.60. The molecule has 6 heteroatoms. The van der Waals surface area contributed by atoms with Crippen LogP contribution in [0.3, 0.4) is 0 Å². The highest BCUT2D eigenvalue weighted by Gasteiger charge is 2.44. The van der Waals surface area contributed by atoms with E-state index in [9.17, 15) is 14.7 Å². The molecule has 0 bridgehead atoms. The fourth-order valence-electron chi connectivity index (χ4n) is 2.91. The average molecular weight is 269 g/mol. The van der Waals surface area contributed by atoms with E-state index in [-0.39, 0.29) is 24.6 Å². The van der Waals surface area contributed by atoms with Gasteiger partial charge in [0.25, 0.3) is 5.91 Å². The zero-order valence-electron chi connectivity index (χ0n) is 11.8. The van der Waals surface area contributed by atoms with E-state index in [1.54, 1.807) is 13.8 Å². The molecule has 0 aromatic carbocycles. The molecule has 108 valence electrons. The Hall–Kier alpha value is -1.14. The van der Waals surface area contributed by atoms with Gasteiger partial charge in [-0.05, 0) is 32.7 Å². The molecular formula is C13H23N3O3. The molecule has 2 aliphatic heterocycles. The third-order valence-corrected chi connectivity index (χ3v) is 4.24. The van der Waals surface area contributed by atoms with E-state index in [1.807, 2.05) is 0 Å². The molecule has 0 radical (unpaired) electrons. The number of carbonyl (C=O) groups excluding carboxylic acids is 2. The van der Waals surface area contributed by atoms with Crippen LogP contribution in [-0.4, -0.2) is 64.7 Å². The number of urea groups is 1. The van der Waals surface area contributed by atoms with Crippen molar-refractivity contribution in [3.05, 3.63) is 0 Å². The Morgan fingerprint density at radius 1 is 1.37 bits per heavy atom. The number of nitrogens with zero attached hydrogens (tertiary/aromatic N) is 2. The summed E-state index contributed by atoms with van der Waals surface area (Å²) in [5.74, 6) is 0.287. The molecule has 2 fully saturated rings. The lowest BCUT2D eigenvalue weighted by atomic mass is 10.0. The fourth-order valence-corrected chi connectivity index (χ4v) is 2.91. The summed E-state index contributed by atoms with van der Waals surface area (Å²) in [5, 5.41) is 12.1.